The molecule has 1 saturated carbocycles. The molecule has 38 heavy (non-hydrogen) atoms. The molecule has 3 aromatic carbocycles. The van der Waals surface area contributed by atoms with Crippen LogP contribution in [0.25, 0.3) is 11.1 Å². The van der Waals surface area contributed by atoms with E-state index in [0.29, 0.717) is 11.5 Å². The molecule has 5 rings (SSSR count). The maximum absolute atomic E-state index is 13.2. The van der Waals surface area contributed by atoms with E-state index in [9.17, 15) is 18.0 Å². The first kappa shape index (κ1) is 25.0. The van der Waals surface area contributed by atoms with Gasteiger partial charge in [0.15, 0.2) is 0 Å². The molecule has 0 radical (unpaired) electrons. The number of nitrogens with two attached hydrogens (primary N) is 1. The highest BCUT2D eigenvalue weighted by molar-refractivity contribution is 6.01. The highest BCUT2D eigenvalue weighted by atomic mass is 19.4. The largest absolute Gasteiger partial charge is 0.418 e. The third-order valence-corrected chi connectivity index (χ3v) is 6.52. The predicted molar refractivity (Wildman–Crippen MR) is 141 cm³/mol. The van der Waals surface area contributed by atoms with Crippen LogP contribution in [-0.2, 0) is 16.4 Å². The summed E-state index contributed by atoms with van der Waals surface area (Å²) in [5.74, 6) is 0.175. The van der Waals surface area contributed by atoms with E-state index in [2.05, 4.69) is 20.6 Å². The van der Waals surface area contributed by atoms with Gasteiger partial charge < -0.3 is 16.4 Å². The molecule has 0 aliphatic heterocycles. The van der Waals surface area contributed by atoms with Gasteiger partial charge in [0.25, 0.3) is 0 Å². The number of aromatic amines is 1. The molecule has 1 aliphatic carbocycles. The summed E-state index contributed by atoms with van der Waals surface area (Å²) in [7, 11) is 0. The van der Waals surface area contributed by atoms with Crippen LogP contribution in [0.5, 0.6) is 0 Å². The quantitative estimate of drug-likeness (QED) is 0.220. The van der Waals surface area contributed by atoms with Crippen molar-refractivity contribution in [3.63, 3.8) is 0 Å². The first-order valence-electron chi connectivity index (χ1n) is 12.0. The van der Waals surface area contributed by atoms with Gasteiger partial charge >= 0.3 is 18.0 Å². The van der Waals surface area contributed by atoms with Gasteiger partial charge in [0, 0.05) is 17.3 Å². The summed E-state index contributed by atoms with van der Waals surface area (Å²) in [6.45, 7) is 0. The van der Waals surface area contributed by atoms with E-state index in [1.165, 1.54) is 18.2 Å². The van der Waals surface area contributed by atoms with E-state index in [4.69, 9.17) is 5.73 Å². The number of anilines is 2. The van der Waals surface area contributed by atoms with Gasteiger partial charge in [-0.25, -0.2) is 4.98 Å². The molecule has 0 unspecified atom stereocenters. The zero-order valence-electron chi connectivity index (χ0n) is 20.2. The summed E-state index contributed by atoms with van der Waals surface area (Å²) in [6, 6.07) is 25.8. The Bertz CT molecular complexity index is 1460. The van der Waals surface area contributed by atoms with E-state index in [1.807, 2.05) is 60.7 Å². The second kappa shape index (κ2) is 10.0. The molecule has 0 bridgehead atoms. The van der Waals surface area contributed by atoms with Gasteiger partial charge in [-0.15, -0.1) is 0 Å². The van der Waals surface area contributed by atoms with Gasteiger partial charge in [0.05, 0.1) is 22.9 Å². The number of para-hydroxylation sites is 1. The van der Waals surface area contributed by atoms with Crippen LogP contribution >= 0.6 is 0 Å². The number of nitrogens with zero attached hydrogens (tertiary/aromatic N) is 1. The lowest BCUT2D eigenvalue weighted by Gasteiger charge is -2.16. The number of H-pyrrole nitrogens is 1. The van der Waals surface area contributed by atoms with Crippen molar-refractivity contribution >= 4 is 29.1 Å². The lowest BCUT2D eigenvalue weighted by atomic mass is 9.95. The van der Waals surface area contributed by atoms with Crippen molar-refractivity contribution in [3.8, 4) is 11.1 Å². The molecule has 0 saturated heterocycles. The molecule has 5 N–H and O–H groups in total. The normalized spacial score (nSPS) is 14.6. The number of hydrogen-bond acceptors (Lipinski definition) is 2. The number of carbonyl (C=O) groups excluding carboxylic acids is 1. The highest BCUT2D eigenvalue weighted by Crippen LogP contribution is 2.49. The van der Waals surface area contributed by atoms with E-state index in [-0.39, 0.29) is 17.6 Å². The van der Waals surface area contributed by atoms with E-state index in [0.717, 1.165) is 35.6 Å². The van der Waals surface area contributed by atoms with Gasteiger partial charge in [-0.3, -0.25) is 4.79 Å². The second-order valence-corrected chi connectivity index (χ2v) is 9.11. The zero-order valence-corrected chi connectivity index (χ0v) is 20.2. The number of carbonyl (C=O) groups is 1. The van der Waals surface area contributed by atoms with E-state index < -0.39 is 17.2 Å². The first-order chi connectivity index (χ1) is 18.2. The Morgan fingerprint density at radius 2 is 1.50 bits per heavy atom. The minimum Gasteiger partial charge on any atom is -0.348 e. The summed E-state index contributed by atoms with van der Waals surface area (Å²) in [6.07, 6.45) is -1.13. The number of rotatable bonds is 6. The van der Waals surface area contributed by atoms with Gasteiger partial charge in [-0.05, 0) is 59.3 Å². The number of guanidine groups is 1. The standard InChI is InChI=1S/C29H24F3N5O/c30-29(31,32)23-8-4-5-9-24(23)36-27(33)37-25-15-12-20(18-34-25)19-10-13-22(14-11-19)35-26(38)28(16-17-28)21-6-2-1-3-7-21/h1-15,18H,16-17H2,(H,35,38)(H3,33,34,36,37)/p+1. The molecule has 4 aromatic rings. The molecule has 1 fully saturated rings. The molecule has 1 aliphatic rings. The average molecular weight is 517 g/mol. The van der Waals surface area contributed by atoms with Crippen molar-refractivity contribution in [2.24, 2.45) is 10.7 Å². The fourth-order valence-corrected chi connectivity index (χ4v) is 4.33. The summed E-state index contributed by atoms with van der Waals surface area (Å²) < 4.78 is 39.6. The number of benzene rings is 3. The molecule has 0 spiro atoms. The van der Waals surface area contributed by atoms with Crippen LogP contribution in [0.3, 0.4) is 0 Å². The van der Waals surface area contributed by atoms with Gasteiger partial charge in [0.2, 0.25) is 5.91 Å². The monoisotopic (exact) mass is 516 g/mol. The number of amides is 1. The van der Waals surface area contributed by atoms with E-state index >= 15 is 0 Å². The molecule has 192 valence electrons. The lowest BCUT2D eigenvalue weighted by molar-refractivity contribution is -0.361. The minimum atomic E-state index is -4.52. The van der Waals surface area contributed by atoms with Crippen molar-refractivity contribution in [2.75, 3.05) is 10.6 Å². The number of alkyl halides is 3. The first-order valence-corrected chi connectivity index (χ1v) is 12.0. The van der Waals surface area contributed by atoms with E-state index in [1.54, 1.807) is 12.3 Å². The maximum Gasteiger partial charge on any atom is 0.418 e. The summed E-state index contributed by atoms with van der Waals surface area (Å²) in [5, 5.41) is 5.54. The topological polar surface area (TPSA) is 93.6 Å². The third kappa shape index (κ3) is 5.36. The molecule has 1 heterocycles. The van der Waals surface area contributed by atoms with Crippen LogP contribution < -0.4 is 21.4 Å². The third-order valence-electron chi connectivity index (χ3n) is 6.52. The van der Waals surface area contributed by atoms with Crippen LogP contribution in [0.1, 0.15) is 24.0 Å². The Morgan fingerprint density at radius 3 is 2.13 bits per heavy atom. The number of aliphatic imine (C=N–C) groups is 1. The van der Waals surface area contributed by atoms with Crippen LogP contribution in [0.4, 0.5) is 30.4 Å². The summed E-state index contributed by atoms with van der Waals surface area (Å²) in [4.78, 5) is 20.1. The number of hydrogen-bond donors (Lipinski definition) is 3. The lowest BCUT2D eigenvalue weighted by Crippen LogP contribution is -2.27. The summed E-state index contributed by atoms with van der Waals surface area (Å²) >= 11 is 0. The minimum absolute atomic E-state index is 0.00365. The fourth-order valence-electron chi connectivity index (χ4n) is 4.33. The van der Waals surface area contributed by atoms with Crippen molar-refractivity contribution in [1.29, 1.82) is 0 Å². The number of halogens is 3. The molecule has 1 aromatic heterocycles. The smallest absolute Gasteiger partial charge is 0.348 e. The van der Waals surface area contributed by atoms with Crippen molar-refractivity contribution in [3.05, 3.63) is 108 Å². The summed E-state index contributed by atoms with van der Waals surface area (Å²) in [5.41, 5.74) is 7.90. The molecule has 0 atom stereocenters. The highest BCUT2D eigenvalue weighted by Gasteiger charge is 2.51. The van der Waals surface area contributed by atoms with Crippen LogP contribution in [0, 0.1) is 0 Å². The number of aromatic nitrogens is 1. The van der Waals surface area contributed by atoms with Crippen LogP contribution in [-0.4, -0.2) is 11.9 Å². The fraction of sp³-hybridized carbons (Fsp3) is 0.138. The SMILES string of the molecule is NC(=Nc1ccc(-c2ccc(NC(=O)C3(c4ccccc4)CC3)cc2)c[nH+]1)Nc1ccccc1C(F)(F)F. The van der Waals surface area contributed by atoms with Crippen molar-refractivity contribution in [2.45, 2.75) is 24.4 Å². The van der Waals surface area contributed by atoms with Gasteiger partial charge in [-0.2, -0.15) is 13.2 Å². The molecular formula is C29H25F3N5O+. The molecular weight excluding hydrogens is 491 g/mol. The van der Waals surface area contributed by atoms with Crippen LogP contribution in [0.15, 0.2) is 102 Å². The molecule has 1 amide bonds. The Kier molecular flexibility index (Phi) is 6.59. The Labute approximate surface area is 217 Å². The maximum atomic E-state index is 13.2. The van der Waals surface area contributed by atoms with Crippen molar-refractivity contribution in [1.82, 2.24) is 0 Å². The number of pyridine rings is 1. The molecule has 6 nitrogen and oxygen atoms in total. The average Bonchev–Trinajstić information content (AvgIpc) is 3.72. The van der Waals surface area contributed by atoms with Crippen molar-refractivity contribution < 1.29 is 22.9 Å². The van der Waals surface area contributed by atoms with Gasteiger partial charge in [-0.1, -0.05) is 54.6 Å². The Balaban J connectivity index is 1.24. The predicted octanol–water partition coefficient (Wildman–Crippen LogP) is 5.92. The van der Waals surface area contributed by atoms with Crippen LogP contribution in [0.2, 0.25) is 0 Å². The Morgan fingerprint density at radius 1 is 0.842 bits per heavy atom. The molecule has 9 heteroatoms. The number of nitrogens with one attached hydrogen (secondary N) is 3. The Hall–Kier alpha value is -4.66. The second-order valence-electron chi connectivity index (χ2n) is 9.11. The van der Waals surface area contributed by atoms with Gasteiger partial charge in [0.1, 0.15) is 0 Å². The zero-order chi connectivity index (χ0) is 26.8.